The van der Waals surface area contributed by atoms with Crippen LogP contribution in [0.1, 0.15) is 27.6 Å². The summed E-state index contributed by atoms with van der Waals surface area (Å²) in [4.78, 5) is 1.23. The maximum absolute atomic E-state index is 6.29. The third-order valence-electron chi connectivity index (χ3n) is 3.05. The van der Waals surface area contributed by atoms with Gasteiger partial charge in [-0.05, 0) is 64.3 Å². The Morgan fingerprint density at radius 3 is 2.41 bits per heavy atom. The Bertz CT molecular complexity index is 498. The average Bonchev–Trinajstić information content (AvgIpc) is 2.70. The molecule has 0 spiro atoms. The highest BCUT2D eigenvalue weighted by molar-refractivity contribution is 9.10. The largest absolute Gasteiger partial charge is 0.323 e. The molecule has 0 bridgehead atoms. The van der Waals surface area contributed by atoms with E-state index in [4.69, 9.17) is 5.73 Å². The molecule has 0 saturated heterocycles. The number of aryl methyl sites for hydroxylation is 2. The van der Waals surface area contributed by atoms with Crippen LogP contribution < -0.4 is 5.73 Å². The molecule has 3 heteroatoms. The zero-order valence-electron chi connectivity index (χ0n) is 10.0. The Balaban J connectivity index is 2.25. The summed E-state index contributed by atoms with van der Waals surface area (Å²) in [7, 11) is 0. The van der Waals surface area contributed by atoms with Crippen molar-refractivity contribution in [1.29, 1.82) is 0 Å². The summed E-state index contributed by atoms with van der Waals surface area (Å²) < 4.78 is 1.13. The van der Waals surface area contributed by atoms with E-state index in [1.807, 2.05) is 0 Å². The van der Waals surface area contributed by atoms with Crippen molar-refractivity contribution in [3.8, 4) is 0 Å². The molecular weight excluding hydrogens is 294 g/mol. The molecule has 2 rings (SSSR count). The average molecular weight is 310 g/mol. The molecule has 1 unspecified atom stereocenters. The second-order valence-corrected chi connectivity index (χ2v) is 6.12. The number of nitrogens with two attached hydrogens (primary N) is 1. The van der Waals surface area contributed by atoms with Crippen LogP contribution in [-0.4, -0.2) is 0 Å². The molecule has 0 saturated carbocycles. The summed E-state index contributed by atoms with van der Waals surface area (Å²) in [5.74, 6) is 0. The first-order chi connectivity index (χ1) is 8.09. The fourth-order valence-corrected chi connectivity index (χ4v) is 3.72. The lowest BCUT2D eigenvalue weighted by Crippen LogP contribution is -2.13. The summed E-state index contributed by atoms with van der Waals surface area (Å²) in [6.45, 7) is 4.30. The Hall–Kier alpha value is -0.640. The SMILES string of the molecule is Cc1cccc(C)c1CC(N)c1sccc1Br. The molecule has 1 atom stereocenters. The van der Waals surface area contributed by atoms with Gasteiger partial charge in [0.1, 0.15) is 0 Å². The minimum atomic E-state index is 0.0733. The van der Waals surface area contributed by atoms with Crippen LogP contribution in [0, 0.1) is 13.8 Å². The van der Waals surface area contributed by atoms with Gasteiger partial charge in [-0.15, -0.1) is 11.3 Å². The molecule has 0 fully saturated rings. The number of hydrogen-bond acceptors (Lipinski definition) is 2. The van der Waals surface area contributed by atoms with Gasteiger partial charge in [0, 0.05) is 15.4 Å². The standard InChI is InChI=1S/C14H16BrNS/c1-9-4-3-5-10(2)11(9)8-13(16)14-12(15)6-7-17-14/h3-7,13H,8,16H2,1-2H3. The lowest BCUT2D eigenvalue weighted by Gasteiger charge is -2.15. The highest BCUT2D eigenvalue weighted by Crippen LogP contribution is 2.30. The van der Waals surface area contributed by atoms with E-state index in [1.165, 1.54) is 21.6 Å². The molecule has 2 aromatic rings. The third kappa shape index (κ3) is 2.79. The maximum Gasteiger partial charge on any atom is 0.0442 e. The predicted molar refractivity (Wildman–Crippen MR) is 78.6 cm³/mol. The van der Waals surface area contributed by atoms with E-state index < -0.39 is 0 Å². The van der Waals surface area contributed by atoms with E-state index in [-0.39, 0.29) is 6.04 Å². The first-order valence-corrected chi connectivity index (χ1v) is 7.30. The van der Waals surface area contributed by atoms with Crippen molar-refractivity contribution in [2.24, 2.45) is 5.73 Å². The molecule has 0 aliphatic heterocycles. The number of rotatable bonds is 3. The van der Waals surface area contributed by atoms with Crippen LogP contribution in [0.4, 0.5) is 0 Å². The van der Waals surface area contributed by atoms with Gasteiger partial charge in [0.25, 0.3) is 0 Å². The second kappa shape index (κ2) is 5.34. The minimum absolute atomic E-state index is 0.0733. The summed E-state index contributed by atoms with van der Waals surface area (Å²) in [5, 5.41) is 2.07. The normalized spacial score (nSPS) is 12.7. The van der Waals surface area contributed by atoms with Crippen molar-refractivity contribution in [3.05, 3.63) is 55.7 Å². The fraction of sp³-hybridized carbons (Fsp3) is 0.286. The molecule has 17 heavy (non-hydrogen) atoms. The van der Waals surface area contributed by atoms with Gasteiger partial charge in [-0.25, -0.2) is 0 Å². The zero-order valence-corrected chi connectivity index (χ0v) is 12.4. The van der Waals surface area contributed by atoms with Crippen molar-refractivity contribution in [3.63, 3.8) is 0 Å². The fourth-order valence-electron chi connectivity index (χ4n) is 2.05. The van der Waals surface area contributed by atoms with Gasteiger partial charge in [-0.3, -0.25) is 0 Å². The van der Waals surface area contributed by atoms with Crippen LogP contribution in [0.15, 0.2) is 34.1 Å². The van der Waals surface area contributed by atoms with E-state index in [0.29, 0.717) is 0 Å². The van der Waals surface area contributed by atoms with Crippen molar-refractivity contribution < 1.29 is 0 Å². The first-order valence-electron chi connectivity index (χ1n) is 5.63. The summed E-state index contributed by atoms with van der Waals surface area (Å²) in [5.41, 5.74) is 10.3. The van der Waals surface area contributed by atoms with E-state index in [0.717, 1.165) is 10.9 Å². The molecule has 0 aliphatic rings. The Labute approximate surface area is 115 Å². The highest BCUT2D eigenvalue weighted by Gasteiger charge is 2.14. The van der Waals surface area contributed by atoms with E-state index in [9.17, 15) is 0 Å². The molecule has 1 aromatic heterocycles. The smallest absolute Gasteiger partial charge is 0.0442 e. The van der Waals surface area contributed by atoms with E-state index in [1.54, 1.807) is 11.3 Å². The molecule has 0 radical (unpaired) electrons. The number of hydrogen-bond donors (Lipinski definition) is 1. The lowest BCUT2D eigenvalue weighted by atomic mass is 9.96. The second-order valence-electron chi connectivity index (χ2n) is 4.31. The third-order valence-corrected chi connectivity index (χ3v) is 5.05. The van der Waals surface area contributed by atoms with Crippen molar-refractivity contribution in [1.82, 2.24) is 0 Å². The zero-order chi connectivity index (χ0) is 12.4. The van der Waals surface area contributed by atoms with Gasteiger partial charge in [0.05, 0.1) is 0 Å². The van der Waals surface area contributed by atoms with E-state index >= 15 is 0 Å². The van der Waals surface area contributed by atoms with E-state index in [2.05, 4.69) is 59.4 Å². The van der Waals surface area contributed by atoms with Crippen LogP contribution in [0.3, 0.4) is 0 Å². The van der Waals surface area contributed by atoms with Gasteiger partial charge in [0.2, 0.25) is 0 Å². The number of thiophene rings is 1. The molecule has 1 nitrogen and oxygen atoms in total. The molecule has 0 aliphatic carbocycles. The van der Waals surface area contributed by atoms with Crippen LogP contribution in [-0.2, 0) is 6.42 Å². The van der Waals surface area contributed by atoms with Crippen LogP contribution in [0.5, 0.6) is 0 Å². The maximum atomic E-state index is 6.29. The minimum Gasteiger partial charge on any atom is -0.323 e. The molecule has 1 heterocycles. The van der Waals surface area contributed by atoms with Crippen molar-refractivity contribution in [2.75, 3.05) is 0 Å². The molecule has 0 amide bonds. The molecule has 1 aromatic carbocycles. The number of halogens is 1. The van der Waals surface area contributed by atoms with Crippen LogP contribution in [0.2, 0.25) is 0 Å². The van der Waals surface area contributed by atoms with Gasteiger partial charge in [-0.1, -0.05) is 18.2 Å². The Kier molecular flexibility index (Phi) is 4.02. The Morgan fingerprint density at radius 1 is 1.24 bits per heavy atom. The van der Waals surface area contributed by atoms with Crippen LogP contribution in [0.25, 0.3) is 0 Å². The quantitative estimate of drug-likeness (QED) is 0.895. The first kappa shape index (κ1) is 12.8. The predicted octanol–water partition coefficient (Wildman–Crippen LogP) is 4.37. The monoisotopic (exact) mass is 309 g/mol. The van der Waals surface area contributed by atoms with Crippen LogP contribution >= 0.6 is 27.3 Å². The Morgan fingerprint density at radius 2 is 1.88 bits per heavy atom. The van der Waals surface area contributed by atoms with Gasteiger partial charge < -0.3 is 5.73 Å². The topological polar surface area (TPSA) is 26.0 Å². The summed E-state index contributed by atoms with van der Waals surface area (Å²) >= 11 is 5.26. The molecule has 2 N–H and O–H groups in total. The van der Waals surface area contributed by atoms with Crippen molar-refractivity contribution >= 4 is 27.3 Å². The summed E-state index contributed by atoms with van der Waals surface area (Å²) in [6, 6.07) is 8.53. The summed E-state index contributed by atoms with van der Waals surface area (Å²) in [6.07, 6.45) is 0.900. The number of benzene rings is 1. The van der Waals surface area contributed by atoms with Gasteiger partial charge >= 0.3 is 0 Å². The highest BCUT2D eigenvalue weighted by atomic mass is 79.9. The van der Waals surface area contributed by atoms with Gasteiger partial charge in [0.15, 0.2) is 0 Å². The molecule has 90 valence electrons. The lowest BCUT2D eigenvalue weighted by molar-refractivity contribution is 0.727. The van der Waals surface area contributed by atoms with Gasteiger partial charge in [-0.2, -0.15) is 0 Å². The van der Waals surface area contributed by atoms with Crippen molar-refractivity contribution in [2.45, 2.75) is 26.3 Å². The molecular formula is C14H16BrNS.